The van der Waals surface area contributed by atoms with E-state index in [1.165, 1.54) is 55.3 Å². The molecule has 278 valence electrons. The first-order valence-electron chi connectivity index (χ1n) is 20.5. The number of aromatic nitrogens is 3. The Morgan fingerprint density at radius 1 is 0.649 bits per heavy atom. The van der Waals surface area contributed by atoms with Gasteiger partial charge in [0.25, 0.3) is 0 Å². The van der Waals surface area contributed by atoms with Crippen LogP contribution in [-0.4, -0.2) is 12.6 Å². The molecule has 0 bridgehead atoms. The summed E-state index contributed by atoms with van der Waals surface area (Å²) >= 11 is 0. The molecule has 2 aliphatic rings. The molecule has 4 nitrogen and oxygen atoms in total. The second kappa shape index (κ2) is 12.0. The fourth-order valence-corrected chi connectivity index (χ4v) is 11.8. The fraction of sp³-hybridized carbons (Fsp3) is 0.192. The molecule has 0 saturated heterocycles. The molecule has 1 atom stereocenters. The van der Waals surface area contributed by atoms with Crippen LogP contribution in [0.4, 0.5) is 0 Å². The number of benzene rings is 6. The van der Waals surface area contributed by atoms with E-state index < -0.39 is 13.7 Å². The number of hydrogen-bond acceptors (Lipinski definition) is 1. The minimum atomic E-state index is -1.83. The molecule has 1 spiro atoms. The summed E-state index contributed by atoms with van der Waals surface area (Å²) in [6.45, 7) is 16.8. The van der Waals surface area contributed by atoms with Crippen LogP contribution in [-0.2, 0) is 5.66 Å². The quantitative estimate of drug-likeness (QED) is 0.127. The Morgan fingerprint density at radius 3 is 2.19 bits per heavy atom. The van der Waals surface area contributed by atoms with Crippen molar-refractivity contribution in [2.75, 3.05) is 0 Å². The van der Waals surface area contributed by atoms with Gasteiger partial charge in [-0.1, -0.05) is 126 Å². The number of pyridine rings is 1. The van der Waals surface area contributed by atoms with Crippen LogP contribution in [0.2, 0.25) is 19.6 Å². The van der Waals surface area contributed by atoms with Crippen LogP contribution < -0.4 is 14.3 Å². The maximum atomic E-state index is 7.07. The first-order valence-corrected chi connectivity index (χ1v) is 24.0. The summed E-state index contributed by atoms with van der Waals surface area (Å²) in [5.41, 5.74) is 16.1. The van der Waals surface area contributed by atoms with Gasteiger partial charge in [-0.05, 0) is 88.7 Å². The van der Waals surface area contributed by atoms with E-state index in [0.29, 0.717) is 11.8 Å². The minimum absolute atomic E-state index is 0.370. The molecule has 5 heteroatoms. The van der Waals surface area contributed by atoms with Crippen molar-refractivity contribution in [3.63, 3.8) is 0 Å². The Kier molecular flexibility index (Phi) is 7.20. The van der Waals surface area contributed by atoms with E-state index in [-0.39, 0.29) is 0 Å². The fourth-order valence-electron chi connectivity index (χ4n) is 10.1. The zero-order valence-electron chi connectivity index (χ0n) is 33.8. The monoisotopic (exact) mass is 757 g/mol. The number of furan rings is 1. The molecule has 0 N–H and O–H groups in total. The molecule has 0 aliphatic carbocycles. The van der Waals surface area contributed by atoms with Crippen LogP contribution in [0.1, 0.15) is 61.8 Å². The highest BCUT2D eigenvalue weighted by atomic mass is 28.3. The molecule has 2 aliphatic heterocycles. The van der Waals surface area contributed by atoms with Crippen molar-refractivity contribution in [2.24, 2.45) is 0 Å². The van der Waals surface area contributed by atoms with Crippen molar-refractivity contribution in [3.05, 3.63) is 168 Å². The van der Waals surface area contributed by atoms with Crippen molar-refractivity contribution in [1.82, 2.24) is 4.57 Å². The lowest BCUT2D eigenvalue weighted by atomic mass is 9.86. The van der Waals surface area contributed by atoms with Gasteiger partial charge in [-0.3, -0.25) is 0 Å². The second-order valence-corrected chi connectivity index (χ2v) is 22.8. The number of hydrogen-bond donors (Lipinski definition) is 0. The van der Waals surface area contributed by atoms with Crippen LogP contribution in [0.25, 0.3) is 72.4 Å². The highest BCUT2D eigenvalue weighted by Gasteiger charge is 2.67. The van der Waals surface area contributed by atoms with E-state index in [2.05, 4.69) is 207 Å². The van der Waals surface area contributed by atoms with Gasteiger partial charge in [0.1, 0.15) is 16.8 Å². The molecule has 0 saturated carbocycles. The topological polar surface area (TPSA) is 25.8 Å². The first kappa shape index (κ1) is 34.2. The molecule has 3 aromatic heterocycles. The third kappa shape index (κ3) is 4.60. The minimum Gasteiger partial charge on any atom is -0.455 e. The van der Waals surface area contributed by atoms with E-state index in [9.17, 15) is 0 Å². The van der Waals surface area contributed by atoms with Gasteiger partial charge in [0, 0.05) is 22.0 Å². The predicted octanol–water partition coefficient (Wildman–Crippen LogP) is 11.8. The number of rotatable bonds is 5. The summed E-state index contributed by atoms with van der Waals surface area (Å²) in [5.74, 6) is 1.90. The van der Waals surface area contributed by atoms with Gasteiger partial charge in [0.15, 0.2) is 22.8 Å². The van der Waals surface area contributed by atoms with Crippen molar-refractivity contribution in [1.29, 1.82) is 0 Å². The summed E-state index contributed by atoms with van der Waals surface area (Å²) in [6, 6.07) is 51.9. The molecule has 9 aromatic rings. The van der Waals surface area contributed by atoms with Crippen LogP contribution in [0.5, 0.6) is 0 Å². The molecule has 11 rings (SSSR count). The lowest BCUT2D eigenvalue weighted by molar-refractivity contribution is -0.944. The van der Waals surface area contributed by atoms with E-state index in [1.54, 1.807) is 0 Å². The van der Waals surface area contributed by atoms with E-state index in [0.717, 1.165) is 44.5 Å². The molecule has 1 unspecified atom stereocenters. The Bertz CT molecular complexity index is 3120. The Hall–Kier alpha value is -6.04. The average Bonchev–Trinajstić information content (AvgIpc) is 3.93. The lowest BCUT2D eigenvalue weighted by Gasteiger charge is -2.25. The predicted molar refractivity (Wildman–Crippen MR) is 236 cm³/mol. The molecule has 6 aromatic carbocycles. The number of nitrogens with zero attached hydrogens (tertiary/aromatic N) is 3. The van der Waals surface area contributed by atoms with Gasteiger partial charge in [-0.15, -0.1) is 9.13 Å². The number of imidazole rings is 1. The molecule has 57 heavy (non-hydrogen) atoms. The largest absolute Gasteiger partial charge is 0.455 e. The van der Waals surface area contributed by atoms with Gasteiger partial charge in [-0.25, -0.2) is 0 Å². The molecule has 0 fully saturated rings. The summed E-state index contributed by atoms with van der Waals surface area (Å²) in [4.78, 5) is 0. The van der Waals surface area contributed by atoms with Gasteiger partial charge in [0.2, 0.25) is 5.69 Å². The van der Waals surface area contributed by atoms with Crippen LogP contribution in [0.15, 0.2) is 150 Å². The smallest absolute Gasteiger partial charge is 0.364 e. The lowest BCUT2D eigenvalue weighted by Crippen LogP contribution is -2.72. The van der Waals surface area contributed by atoms with Crippen molar-refractivity contribution in [2.45, 2.75) is 64.8 Å². The van der Waals surface area contributed by atoms with Crippen molar-refractivity contribution in [3.8, 4) is 39.5 Å². The SMILES string of the molecule is CC(C)c1ccc2c(c1)C1(c3ccc4c(oc5ccccc54)c3-c3n(-c4cccc(-c5ccccc5)c4)c4ccccc4[n+]31)[n+]1cc([Si](C)(C)C)c(C(C)C)cc1-2. The number of para-hydroxylation sites is 3. The van der Waals surface area contributed by atoms with Gasteiger partial charge in [-0.2, -0.15) is 4.57 Å². The van der Waals surface area contributed by atoms with Crippen molar-refractivity contribution >= 4 is 46.2 Å². The second-order valence-electron chi connectivity index (χ2n) is 17.8. The highest BCUT2D eigenvalue weighted by molar-refractivity contribution is 6.89. The Labute approximate surface area is 335 Å². The molecule has 5 heterocycles. The molecule has 0 radical (unpaired) electrons. The number of fused-ring (bicyclic) bond motifs is 16. The maximum absolute atomic E-state index is 7.07. The normalized spacial score (nSPS) is 15.7. The molecular weight excluding hydrogens is 711 g/mol. The third-order valence-corrected chi connectivity index (χ3v) is 14.8. The first-order chi connectivity index (χ1) is 27.6. The average molecular weight is 758 g/mol. The van der Waals surface area contributed by atoms with Gasteiger partial charge < -0.3 is 4.42 Å². The summed E-state index contributed by atoms with van der Waals surface area (Å²) < 4.78 is 14.9. The highest BCUT2D eigenvalue weighted by Crippen LogP contribution is 2.53. The maximum Gasteiger partial charge on any atom is 0.364 e. The van der Waals surface area contributed by atoms with Crippen LogP contribution in [0, 0.1) is 0 Å². The standard InChI is InChI=1S/C52H47N3OSi/c1-32(2)35-24-25-40-43(29-35)52(53-31-48(57(5,6)7)41(33(3)4)30-46(40)53)42-27-26-39-38-20-11-14-23-47(38)56-50(39)49(42)51-54(44-21-12-13-22-45(44)55(51)52)37-19-15-18-36(28-37)34-16-9-8-10-17-34/h8-33H,1-7H3/q+2. The van der Waals surface area contributed by atoms with E-state index in [1.807, 2.05) is 0 Å². The third-order valence-electron chi connectivity index (χ3n) is 12.7. The summed E-state index contributed by atoms with van der Waals surface area (Å²) in [6.07, 6.45) is 2.57. The van der Waals surface area contributed by atoms with Crippen molar-refractivity contribution < 1.29 is 13.6 Å². The van der Waals surface area contributed by atoms with Crippen LogP contribution in [0.3, 0.4) is 0 Å². The van der Waals surface area contributed by atoms with Gasteiger partial charge >= 0.3 is 11.5 Å². The Morgan fingerprint density at radius 2 is 1.40 bits per heavy atom. The van der Waals surface area contributed by atoms with E-state index >= 15 is 0 Å². The van der Waals surface area contributed by atoms with Crippen LogP contribution >= 0.6 is 0 Å². The zero-order chi connectivity index (χ0) is 39.0. The van der Waals surface area contributed by atoms with E-state index in [4.69, 9.17) is 4.42 Å². The summed E-state index contributed by atoms with van der Waals surface area (Å²) in [5, 5.41) is 3.79. The van der Waals surface area contributed by atoms with Gasteiger partial charge in [0.05, 0.1) is 24.8 Å². The molecule has 0 amide bonds. The molecular formula is C52H47N3OSi+2. The Balaban J connectivity index is 1.37. The summed E-state index contributed by atoms with van der Waals surface area (Å²) in [7, 11) is -1.83. The zero-order valence-corrected chi connectivity index (χ0v) is 34.8.